The summed E-state index contributed by atoms with van der Waals surface area (Å²) in [5.41, 5.74) is 4.95. The summed E-state index contributed by atoms with van der Waals surface area (Å²) in [5.74, 6) is -0.260. The molecule has 5 heteroatoms. The second-order valence-corrected chi connectivity index (χ2v) is 7.36. The second-order valence-electron chi connectivity index (χ2n) is 5.68. The lowest BCUT2D eigenvalue weighted by Crippen LogP contribution is -2.54. The van der Waals surface area contributed by atoms with Crippen LogP contribution in [0.5, 0.6) is 0 Å². The number of carbonyl (C=O) groups excluding carboxylic acids is 1. The first-order valence-corrected chi connectivity index (χ1v) is 8.15. The minimum atomic E-state index is -0.606. The summed E-state index contributed by atoms with van der Waals surface area (Å²) in [6.07, 6.45) is 3.18. The van der Waals surface area contributed by atoms with E-state index in [-0.39, 0.29) is 5.91 Å². The van der Waals surface area contributed by atoms with E-state index in [2.05, 4.69) is 26.1 Å². The van der Waals surface area contributed by atoms with Crippen molar-refractivity contribution in [1.29, 1.82) is 0 Å². The van der Waals surface area contributed by atoms with Crippen molar-refractivity contribution in [3.63, 3.8) is 0 Å². The Morgan fingerprint density at radius 1 is 1.63 bits per heavy atom. The van der Waals surface area contributed by atoms with E-state index >= 15 is 0 Å². The van der Waals surface area contributed by atoms with E-state index in [1.165, 1.54) is 0 Å². The maximum Gasteiger partial charge on any atom is 0.237 e. The highest BCUT2D eigenvalue weighted by molar-refractivity contribution is 8.00. The van der Waals surface area contributed by atoms with Crippen molar-refractivity contribution in [2.45, 2.75) is 69.1 Å². The van der Waals surface area contributed by atoms with Crippen LogP contribution in [-0.4, -0.2) is 41.2 Å². The van der Waals surface area contributed by atoms with Crippen molar-refractivity contribution in [2.24, 2.45) is 5.73 Å². The highest BCUT2D eigenvalue weighted by Crippen LogP contribution is 2.32. The van der Waals surface area contributed by atoms with E-state index < -0.39 is 5.54 Å². The number of nitrogens with two attached hydrogens (primary N) is 1. The average Bonchev–Trinajstić information content (AvgIpc) is 2.72. The Labute approximate surface area is 121 Å². The highest BCUT2D eigenvalue weighted by Gasteiger charge is 2.34. The average molecular weight is 288 g/mol. The number of thioether (sulfide) groups is 1. The monoisotopic (exact) mass is 288 g/mol. The lowest BCUT2D eigenvalue weighted by Gasteiger charge is -2.31. The molecule has 4 atom stereocenters. The maximum atomic E-state index is 11.7. The number of carbonyl (C=O) groups is 1. The SMILES string of the molecule is CCCNC(C)(CC(C)SC1CCOC1C)C(N)=O. The molecule has 1 rings (SSSR count). The molecule has 0 radical (unpaired) electrons. The molecule has 0 aromatic heterocycles. The number of hydrogen-bond donors (Lipinski definition) is 2. The van der Waals surface area contributed by atoms with Gasteiger partial charge in [-0.25, -0.2) is 0 Å². The van der Waals surface area contributed by atoms with Gasteiger partial charge < -0.3 is 15.8 Å². The zero-order chi connectivity index (χ0) is 14.5. The van der Waals surface area contributed by atoms with Crippen LogP contribution in [0, 0.1) is 0 Å². The molecule has 0 aromatic carbocycles. The van der Waals surface area contributed by atoms with Gasteiger partial charge in [-0.05, 0) is 39.7 Å². The van der Waals surface area contributed by atoms with Crippen LogP contribution in [0.3, 0.4) is 0 Å². The third-order valence-corrected chi connectivity index (χ3v) is 5.32. The fraction of sp³-hybridized carbons (Fsp3) is 0.929. The third-order valence-electron chi connectivity index (χ3n) is 3.72. The third kappa shape index (κ3) is 4.97. The Morgan fingerprint density at radius 2 is 2.32 bits per heavy atom. The smallest absolute Gasteiger partial charge is 0.237 e. The van der Waals surface area contributed by atoms with Gasteiger partial charge in [0.25, 0.3) is 0 Å². The Morgan fingerprint density at radius 3 is 2.79 bits per heavy atom. The van der Waals surface area contributed by atoms with E-state index in [1.807, 2.05) is 18.7 Å². The van der Waals surface area contributed by atoms with Gasteiger partial charge >= 0.3 is 0 Å². The fourth-order valence-corrected chi connectivity index (χ4v) is 4.03. The minimum absolute atomic E-state index is 0.260. The van der Waals surface area contributed by atoms with Gasteiger partial charge in [0.15, 0.2) is 0 Å². The summed E-state index contributed by atoms with van der Waals surface area (Å²) in [6.45, 7) is 9.97. The van der Waals surface area contributed by atoms with Crippen LogP contribution in [-0.2, 0) is 9.53 Å². The molecule has 0 bridgehead atoms. The van der Waals surface area contributed by atoms with Gasteiger partial charge in [-0.15, -0.1) is 0 Å². The van der Waals surface area contributed by atoms with Gasteiger partial charge in [-0.1, -0.05) is 13.8 Å². The minimum Gasteiger partial charge on any atom is -0.377 e. The van der Waals surface area contributed by atoms with Crippen molar-refractivity contribution in [1.82, 2.24) is 5.32 Å². The molecule has 19 heavy (non-hydrogen) atoms. The largest absolute Gasteiger partial charge is 0.377 e. The van der Waals surface area contributed by atoms with E-state index in [4.69, 9.17) is 10.5 Å². The van der Waals surface area contributed by atoms with Crippen LogP contribution in [0.25, 0.3) is 0 Å². The molecule has 1 fully saturated rings. The van der Waals surface area contributed by atoms with Crippen LogP contribution in [0.15, 0.2) is 0 Å². The molecule has 0 aromatic rings. The number of hydrogen-bond acceptors (Lipinski definition) is 4. The zero-order valence-corrected chi connectivity index (χ0v) is 13.4. The molecule has 0 aliphatic carbocycles. The van der Waals surface area contributed by atoms with Gasteiger partial charge in [-0.2, -0.15) is 11.8 Å². The number of amides is 1. The van der Waals surface area contributed by atoms with E-state index in [1.54, 1.807) is 0 Å². The zero-order valence-electron chi connectivity index (χ0n) is 12.6. The maximum absolute atomic E-state index is 11.7. The molecular formula is C14H28N2O2S. The van der Waals surface area contributed by atoms with Crippen LogP contribution in [0.1, 0.15) is 47.0 Å². The topological polar surface area (TPSA) is 64.3 Å². The molecule has 4 unspecified atom stereocenters. The molecular weight excluding hydrogens is 260 g/mol. The first-order chi connectivity index (χ1) is 8.89. The van der Waals surface area contributed by atoms with Gasteiger partial charge in [-0.3, -0.25) is 4.79 Å². The first-order valence-electron chi connectivity index (χ1n) is 7.21. The van der Waals surface area contributed by atoms with Crippen molar-refractivity contribution < 1.29 is 9.53 Å². The lowest BCUT2D eigenvalue weighted by molar-refractivity contribution is -0.124. The summed E-state index contributed by atoms with van der Waals surface area (Å²) < 4.78 is 5.58. The van der Waals surface area contributed by atoms with Crippen molar-refractivity contribution in [3.8, 4) is 0 Å². The van der Waals surface area contributed by atoms with Gasteiger partial charge in [0.2, 0.25) is 5.91 Å². The molecule has 1 heterocycles. The van der Waals surface area contributed by atoms with E-state index in [0.29, 0.717) is 16.6 Å². The van der Waals surface area contributed by atoms with E-state index in [0.717, 1.165) is 32.4 Å². The fourth-order valence-electron chi connectivity index (χ4n) is 2.47. The van der Waals surface area contributed by atoms with E-state index in [9.17, 15) is 4.79 Å². The van der Waals surface area contributed by atoms with Gasteiger partial charge in [0.05, 0.1) is 11.6 Å². The summed E-state index contributed by atoms with van der Waals surface area (Å²) in [4.78, 5) is 11.7. The molecule has 4 nitrogen and oxygen atoms in total. The Kier molecular flexibility index (Phi) is 6.63. The summed E-state index contributed by atoms with van der Waals surface area (Å²) in [6, 6.07) is 0. The molecule has 1 amide bonds. The van der Waals surface area contributed by atoms with Crippen LogP contribution >= 0.6 is 11.8 Å². The van der Waals surface area contributed by atoms with Gasteiger partial charge in [0.1, 0.15) is 0 Å². The molecule has 112 valence electrons. The standard InChI is InChI=1S/C14H28N2O2S/c1-5-7-16-14(4,13(15)17)9-10(2)19-12-6-8-18-11(12)3/h10-12,16H,5-9H2,1-4H3,(H2,15,17). The Balaban J connectivity index is 2.51. The van der Waals surface area contributed by atoms with Crippen LogP contribution < -0.4 is 11.1 Å². The predicted molar refractivity (Wildman–Crippen MR) is 81.4 cm³/mol. The molecule has 0 saturated carbocycles. The summed E-state index contributed by atoms with van der Waals surface area (Å²) in [5, 5.41) is 4.22. The molecule has 1 aliphatic rings. The molecule has 3 N–H and O–H groups in total. The lowest BCUT2D eigenvalue weighted by atomic mass is 9.95. The van der Waals surface area contributed by atoms with Crippen molar-refractivity contribution >= 4 is 17.7 Å². The van der Waals surface area contributed by atoms with Crippen LogP contribution in [0.4, 0.5) is 0 Å². The normalized spacial score (nSPS) is 28.0. The number of rotatable bonds is 8. The number of ether oxygens (including phenoxy) is 1. The van der Waals surface area contributed by atoms with Crippen LogP contribution in [0.2, 0.25) is 0 Å². The van der Waals surface area contributed by atoms with Crippen molar-refractivity contribution in [2.75, 3.05) is 13.2 Å². The molecule has 1 saturated heterocycles. The summed E-state index contributed by atoms with van der Waals surface area (Å²) >= 11 is 1.92. The van der Waals surface area contributed by atoms with Crippen molar-refractivity contribution in [3.05, 3.63) is 0 Å². The molecule has 1 aliphatic heterocycles. The summed E-state index contributed by atoms with van der Waals surface area (Å²) in [7, 11) is 0. The van der Waals surface area contributed by atoms with Gasteiger partial charge in [0, 0.05) is 17.1 Å². The Hall–Kier alpha value is -0.260. The second kappa shape index (κ2) is 7.50. The number of nitrogens with one attached hydrogen (secondary N) is 1. The first kappa shape index (κ1) is 16.8. The molecule has 0 spiro atoms. The Bertz CT molecular complexity index is 301. The highest BCUT2D eigenvalue weighted by atomic mass is 32.2. The predicted octanol–water partition coefficient (Wildman–Crippen LogP) is 1.92. The quantitative estimate of drug-likeness (QED) is 0.716. The number of primary amides is 1.